The Morgan fingerprint density at radius 2 is 1.04 bits per heavy atom. The summed E-state index contributed by atoms with van der Waals surface area (Å²) < 4.78 is 29.3. The van der Waals surface area contributed by atoms with Crippen LogP contribution in [0.1, 0.15) is 62.3 Å². The van der Waals surface area contributed by atoms with Gasteiger partial charge in [0, 0.05) is 27.0 Å². The minimum absolute atomic E-state index is 0.0664. The molecule has 1 N–H and O–H groups in total. The van der Waals surface area contributed by atoms with Gasteiger partial charge in [-0.15, -0.1) is 0 Å². The highest BCUT2D eigenvalue weighted by molar-refractivity contribution is 5.99. The number of hydrogen-bond acceptors (Lipinski definition) is 3. The summed E-state index contributed by atoms with van der Waals surface area (Å²) in [6, 6.07) is 65.5. The number of phenols is 1. The Morgan fingerprint density at radius 1 is 0.448 bits per heavy atom. The topological polar surface area (TPSA) is 50.9 Å². The molecule has 0 aliphatic carbocycles. The van der Waals surface area contributed by atoms with Gasteiger partial charge in [0.05, 0.1) is 28.0 Å². The summed E-state index contributed by atoms with van der Waals surface area (Å²) >= 11 is 0. The monoisotopic (exact) mass is 872 g/mol. The molecule has 0 amide bonds. The zero-order chi connectivity index (χ0) is 49.0. The fourth-order valence-electron chi connectivity index (χ4n) is 9.08. The lowest BCUT2D eigenvalue weighted by Gasteiger charge is -2.22. The average Bonchev–Trinajstić information content (AvgIpc) is 3.75. The van der Waals surface area contributed by atoms with Crippen molar-refractivity contribution in [2.45, 2.75) is 59.2 Å². The summed E-state index contributed by atoms with van der Waals surface area (Å²) in [6.45, 7) is 10.5. The van der Waals surface area contributed by atoms with Crippen molar-refractivity contribution in [3.63, 3.8) is 0 Å². The van der Waals surface area contributed by atoms with Crippen LogP contribution in [0.5, 0.6) is 5.75 Å². The second kappa shape index (κ2) is 17.2. The van der Waals surface area contributed by atoms with Gasteiger partial charge in [-0.3, -0.25) is 9.55 Å². The fraction of sp³-hybridized carbons (Fsp3) is 0.143. The van der Waals surface area contributed by atoms with Crippen molar-refractivity contribution in [2.75, 3.05) is 0 Å². The molecule has 0 aliphatic rings. The number of aryl methyl sites for hydroxylation is 1. The predicted octanol–water partition coefficient (Wildman–Crippen LogP) is 16.7. The number of rotatable bonds is 8. The number of hydrogen-bond donors (Lipinski definition) is 1. The molecule has 4 heteroatoms. The molecule has 0 bridgehead atoms. The maximum Gasteiger partial charge on any atom is 0.149 e. The van der Waals surface area contributed by atoms with Crippen LogP contribution in [0.25, 0.3) is 95.0 Å². The smallest absolute Gasteiger partial charge is 0.149 e. The number of aromatic nitrogens is 3. The molecular formula is C63H55N3O. The SMILES string of the molecule is [2H]C([2H])([2H])c1cc(-n2c(-c3cc(C(C)(C)C)ccc3O)nc3c(-c4cc(-c5ccccc5)cc(-c5cc(-c6ccccc6)ccn5)c4)cccc32)c(-c2ccccc2)cc1-c1ccc(C(C)(C)C)cc1. The van der Waals surface area contributed by atoms with E-state index in [9.17, 15) is 5.11 Å². The van der Waals surface area contributed by atoms with Crippen molar-refractivity contribution in [1.29, 1.82) is 0 Å². The molecule has 0 saturated carbocycles. The summed E-state index contributed by atoms with van der Waals surface area (Å²) in [5.41, 5.74) is 15.7. The Hall–Kier alpha value is -7.82. The number of imidazole rings is 1. The molecule has 328 valence electrons. The van der Waals surface area contributed by atoms with E-state index in [1.807, 2.05) is 115 Å². The van der Waals surface area contributed by atoms with Crippen LogP contribution < -0.4 is 0 Å². The van der Waals surface area contributed by atoms with E-state index < -0.39 is 6.85 Å². The fourth-order valence-corrected chi connectivity index (χ4v) is 9.08. The normalized spacial score (nSPS) is 12.7. The number of aromatic hydroxyl groups is 1. The summed E-state index contributed by atoms with van der Waals surface area (Å²) in [5.74, 6) is 0.551. The van der Waals surface area contributed by atoms with Crippen molar-refractivity contribution in [1.82, 2.24) is 14.5 Å². The maximum atomic E-state index is 12.0. The summed E-state index contributed by atoms with van der Waals surface area (Å²) in [6.07, 6.45) is 1.86. The van der Waals surface area contributed by atoms with Gasteiger partial charge in [-0.05, 0) is 140 Å². The number of nitrogens with zero attached hydrogens (tertiary/aromatic N) is 3. The van der Waals surface area contributed by atoms with Crippen LogP contribution in [0.15, 0.2) is 200 Å². The molecule has 2 heterocycles. The highest BCUT2D eigenvalue weighted by atomic mass is 16.3. The van der Waals surface area contributed by atoms with Gasteiger partial charge < -0.3 is 5.11 Å². The first-order valence-corrected chi connectivity index (χ1v) is 22.9. The van der Waals surface area contributed by atoms with Gasteiger partial charge in [-0.1, -0.05) is 175 Å². The molecule has 10 rings (SSSR count). The van der Waals surface area contributed by atoms with Gasteiger partial charge in [-0.2, -0.15) is 0 Å². The molecule has 8 aromatic carbocycles. The van der Waals surface area contributed by atoms with Crippen LogP contribution in [0.4, 0.5) is 0 Å². The quantitative estimate of drug-likeness (QED) is 0.165. The molecule has 0 saturated heterocycles. The Morgan fingerprint density at radius 3 is 1.70 bits per heavy atom. The lowest BCUT2D eigenvalue weighted by atomic mass is 9.85. The van der Waals surface area contributed by atoms with E-state index in [2.05, 4.69) is 125 Å². The molecule has 0 atom stereocenters. The van der Waals surface area contributed by atoms with Crippen molar-refractivity contribution in [3.8, 4) is 89.7 Å². The van der Waals surface area contributed by atoms with Crippen LogP contribution in [-0.2, 0) is 10.8 Å². The van der Waals surface area contributed by atoms with Crippen molar-refractivity contribution >= 4 is 11.0 Å². The van der Waals surface area contributed by atoms with Crippen molar-refractivity contribution in [2.24, 2.45) is 0 Å². The van der Waals surface area contributed by atoms with Crippen molar-refractivity contribution < 1.29 is 9.22 Å². The van der Waals surface area contributed by atoms with E-state index in [1.54, 1.807) is 6.07 Å². The van der Waals surface area contributed by atoms with Crippen molar-refractivity contribution in [3.05, 3.63) is 217 Å². The van der Waals surface area contributed by atoms with Crippen LogP contribution in [0.2, 0.25) is 0 Å². The molecule has 4 nitrogen and oxygen atoms in total. The minimum atomic E-state index is -2.49. The summed E-state index contributed by atoms with van der Waals surface area (Å²) in [5, 5.41) is 12.0. The third kappa shape index (κ3) is 8.48. The number of pyridine rings is 1. The maximum absolute atomic E-state index is 12.0. The van der Waals surface area contributed by atoms with E-state index in [0.29, 0.717) is 28.2 Å². The molecular weight excluding hydrogens is 815 g/mol. The summed E-state index contributed by atoms with van der Waals surface area (Å²) in [4.78, 5) is 10.5. The van der Waals surface area contributed by atoms with Crippen LogP contribution in [0, 0.1) is 6.85 Å². The lowest BCUT2D eigenvalue weighted by molar-refractivity contribution is 0.475. The van der Waals surface area contributed by atoms with Gasteiger partial charge in [-0.25, -0.2) is 4.98 Å². The highest BCUT2D eigenvalue weighted by Crippen LogP contribution is 2.44. The first kappa shape index (κ1) is 39.5. The molecule has 2 aromatic heterocycles. The molecule has 0 radical (unpaired) electrons. The molecule has 0 spiro atoms. The van der Waals surface area contributed by atoms with Crippen LogP contribution in [-0.4, -0.2) is 19.6 Å². The molecule has 10 aromatic rings. The third-order valence-corrected chi connectivity index (χ3v) is 12.8. The van der Waals surface area contributed by atoms with E-state index in [1.165, 1.54) is 0 Å². The highest BCUT2D eigenvalue weighted by Gasteiger charge is 2.25. The largest absolute Gasteiger partial charge is 0.507 e. The van der Waals surface area contributed by atoms with Gasteiger partial charge in [0.2, 0.25) is 0 Å². The van der Waals surface area contributed by atoms with Gasteiger partial charge in [0.15, 0.2) is 0 Å². The average molecular weight is 873 g/mol. The Balaban J connectivity index is 1.28. The Labute approximate surface area is 399 Å². The van der Waals surface area contributed by atoms with E-state index in [4.69, 9.17) is 14.1 Å². The Kier molecular flexibility index (Phi) is 10.1. The van der Waals surface area contributed by atoms with Gasteiger partial charge in [0.25, 0.3) is 0 Å². The Bertz CT molecular complexity index is 3530. The van der Waals surface area contributed by atoms with Crippen LogP contribution >= 0.6 is 0 Å². The first-order chi connectivity index (χ1) is 33.5. The zero-order valence-corrected chi connectivity index (χ0v) is 38.8. The minimum Gasteiger partial charge on any atom is -0.507 e. The predicted molar refractivity (Wildman–Crippen MR) is 281 cm³/mol. The number of phenolic OH excluding ortho intramolecular Hbond substituents is 1. The molecule has 67 heavy (non-hydrogen) atoms. The molecule has 0 fully saturated rings. The standard InChI is InChI=1S/C63H55N3O/c1-41-34-58(54(44-22-15-10-16-23-44)40-53(41)45-26-28-50(29-27-45)62(2,3)4)66-57-25-17-24-52(60(57)65-61(66)55-39-51(63(5,6)7)30-31-59(55)67)48-35-47(43-20-13-9-14-21-43)36-49(37-48)56-38-46(32-33-64-56)42-18-11-8-12-19-42/h8-40,67H,1-7H3/i1D3. The van der Waals surface area contributed by atoms with E-state index in [0.717, 1.165) is 78.0 Å². The first-order valence-electron chi connectivity index (χ1n) is 24.4. The van der Waals surface area contributed by atoms with Gasteiger partial charge >= 0.3 is 0 Å². The van der Waals surface area contributed by atoms with E-state index in [-0.39, 0.29) is 22.1 Å². The summed E-state index contributed by atoms with van der Waals surface area (Å²) in [7, 11) is 0. The molecule has 0 unspecified atom stereocenters. The number of para-hydroxylation sites is 1. The van der Waals surface area contributed by atoms with E-state index >= 15 is 0 Å². The van der Waals surface area contributed by atoms with Crippen LogP contribution in [0.3, 0.4) is 0 Å². The number of fused-ring (bicyclic) bond motifs is 1. The third-order valence-electron chi connectivity index (χ3n) is 12.8. The molecule has 0 aliphatic heterocycles. The van der Waals surface area contributed by atoms with Gasteiger partial charge in [0.1, 0.15) is 11.6 Å². The second-order valence-electron chi connectivity index (χ2n) is 19.5. The lowest BCUT2D eigenvalue weighted by Crippen LogP contribution is -2.11. The zero-order valence-electron chi connectivity index (χ0n) is 41.8. The second-order valence-corrected chi connectivity index (χ2v) is 19.5. The number of benzene rings is 8.